The molecule has 2 aromatic rings. The molecule has 0 aliphatic carbocycles. The Bertz CT molecular complexity index is 690. The molecule has 0 radical (unpaired) electrons. The van der Waals surface area contributed by atoms with Gasteiger partial charge in [-0.1, -0.05) is 17.7 Å². The number of carbonyl (C=O) groups is 1. The zero-order valence-corrected chi connectivity index (χ0v) is 15.2. The fourth-order valence-corrected chi connectivity index (χ4v) is 3.33. The van der Waals surface area contributed by atoms with Crippen LogP contribution < -0.4 is 10.2 Å². The predicted molar refractivity (Wildman–Crippen MR) is 94.6 cm³/mol. The summed E-state index contributed by atoms with van der Waals surface area (Å²) < 4.78 is 6.84. The lowest BCUT2D eigenvalue weighted by molar-refractivity contribution is 0.0955. The number of hydrogen-bond donors (Lipinski definition) is 1. The molecule has 6 heteroatoms. The summed E-state index contributed by atoms with van der Waals surface area (Å²) >= 11 is 6.84. The molecule has 0 fully saturated rings. The number of methoxy groups -OCH3 is 1. The molecule has 4 nitrogen and oxygen atoms in total. The highest BCUT2D eigenvalue weighted by atomic mass is 79.9. The van der Waals surface area contributed by atoms with Gasteiger partial charge in [0.05, 0.1) is 22.3 Å². The van der Waals surface area contributed by atoms with Crippen LogP contribution in [0.1, 0.15) is 21.5 Å². The molecular formula is C16H14Br2N2O2. The van der Waals surface area contributed by atoms with Crippen molar-refractivity contribution in [2.45, 2.75) is 6.92 Å². The standard InChI is InChI=1S/C16H14Br2N2O2/c1-10-3-5-12(6-4-10)16(21)20-19-9-11-7-13(17)15(22-2)14(18)8-11/h3-9H,1-2H3,(H,20,21). The van der Waals surface area contributed by atoms with Gasteiger partial charge in [0.25, 0.3) is 5.91 Å². The lowest BCUT2D eigenvalue weighted by Crippen LogP contribution is -2.17. The zero-order valence-electron chi connectivity index (χ0n) is 12.1. The molecule has 2 aromatic carbocycles. The number of carbonyl (C=O) groups excluding carboxylic acids is 1. The van der Waals surface area contributed by atoms with Crippen molar-refractivity contribution >= 4 is 44.0 Å². The van der Waals surface area contributed by atoms with Gasteiger partial charge in [-0.3, -0.25) is 4.79 Å². The van der Waals surface area contributed by atoms with Crippen LogP contribution in [0.3, 0.4) is 0 Å². The van der Waals surface area contributed by atoms with Gasteiger partial charge in [0, 0.05) is 5.56 Å². The third kappa shape index (κ3) is 4.18. The Labute approximate surface area is 145 Å². The Kier molecular flexibility index (Phi) is 5.74. The third-order valence-corrected chi connectivity index (χ3v) is 4.10. The zero-order chi connectivity index (χ0) is 16.1. The van der Waals surface area contributed by atoms with E-state index in [9.17, 15) is 4.79 Å². The van der Waals surface area contributed by atoms with Crippen molar-refractivity contribution in [1.29, 1.82) is 0 Å². The number of aryl methyl sites for hydroxylation is 1. The Morgan fingerprint density at radius 2 is 1.77 bits per heavy atom. The molecule has 0 spiro atoms. The number of rotatable bonds is 4. The van der Waals surface area contributed by atoms with Crippen LogP contribution in [0.5, 0.6) is 5.75 Å². The van der Waals surface area contributed by atoms with Crippen LogP contribution in [0, 0.1) is 6.92 Å². The summed E-state index contributed by atoms with van der Waals surface area (Å²) in [6.45, 7) is 1.97. The summed E-state index contributed by atoms with van der Waals surface area (Å²) in [5.41, 5.74) is 5.00. The van der Waals surface area contributed by atoms with Gasteiger partial charge in [-0.05, 0) is 68.6 Å². The minimum absolute atomic E-state index is 0.247. The molecule has 0 unspecified atom stereocenters. The number of nitrogens with one attached hydrogen (secondary N) is 1. The summed E-state index contributed by atoms with van der Waals surface area (Å²) in [6.07, 6.45) is 1.57. The van der Waals surface area contributed by atoms with Crippen LogP contribution in [0.25, 0.3) is 0 Å². The number of hydrogen-bond acceptors (Lipinski definition) is 3. The molecule has 0 saturated heterocycles. The first-order valence-corrected chi connectivity index (χ1v) is 8.03. The van der Waals surface area contributed by atoms with E-state index in [1.807, 2.05) is 31.2 Å². The summed E-state index contributed by atoms with van der Waals surface area (Å²) in [4.78, 5) is 11.9. The van der Waals surface area contributed by atoms with Crippen LogP contribution in [-0.4, -0.2) is 19.2 Å². The second-order valence-electron chi connectivity index (χ2n) is 4.58. The lowest BCUT2D eigenvalue weighted by atomic mass is 10.1. The first-order valence-electron chi connectivity index (χ1n) is 6.44. The van der Waals surface area contributed by atoms with Gasteiger partial charge in [0.15, 0.2) is 0 Å². The average Bonchev–Trinajstić information content (AvgIpc) is 2.47. The topological polar surface area (TPSA) is 50.7 Å². The van der Waals surface area contributed by atoms with Gasteiger partial charge in [0.1, 0.15) is 5.75 Å². The van der Waals surface area contributed by atoms with Gasteiger partial charge >= 0.3 is 0 Å². The molecule has 1 amide bonds. The van der Waals surface area contributed by atoms with Gasteiger partial charge in [0.2, 0.25) is 0 Å². The molecule has 0 saturated carbocycles. The maximum absolute atomic E-state index is 11.9. The highest BCUT2D eigenvalue weighted by Gasteiger charge is 2.07. The first kappa shape index (κ1) is 16.7. The Balaban J connectivity index is 2.06. The van der Waals surface area contributed by atoms with Gasteiger partial charge < -0.3 is 4.74 Å². The summed E-state index contributed by atoms with van der Waals surface area (Å²) in [5.74, 6) is 0.462. The van der Waals surface area contributed by atoms with Crippen molar-refractivity contribution in [2.24, 2.45) is 5.10 Å². The Morgan fingerprint density at radius 1 is 1.18 bits per heavy atom. The number of halogens is 2. The molecule has 1 N–H and O–H groups in total. The predicted octanol–water partition coefficient (Wildman–Crippen LogP) is 4.29. The molecular weight excluding hydrogens is 412 g/mol. The van der Waals surface area contributed by atoms with Crippen LogP contribution in [-0.2, 0) is 0 Å². The van der Waals surface area contributed by atoms with Crippen LogP contribution >= 0.6 is 31.9 Å². The monoisotopic (exact) mass is 424 g/mol. The van der Waals surface area contributed by atoms with Gasteiger partial charge in [-0.25, -0.2) is 5.43 Å². The highest BCUT2D eigenvalue weighted by molar-refractivity contribution is 9.11. The number of nitrogens with zero attached hydrogens (tertiary/aromatic N) is 1. The van der Waals surface area contributed by atoms with Crippen molar-refractivity contribution in [1.82, 2.24) is 5.43 Å². The molecule has 0 aliphatic rings. The second kappa shape index (κ2) is 7.56. The molecule has 0 aliphatic heterocycles. The van der Waals surface area contributed by atoms with E-state index in [1.54, 1.807) is 25.5 Å². The SMILES string of the molecule is COc1c(Br)cc(C=NNC(=O)c2ccc(C)cc2)cc1Br. The highest BCUT2D eigenvalue weighted by Crippen LogP contribution is 2.33. The third-order valence-electron chi connectivity index (χ3n) is 2.92. The quantitative estimate of drug-likeness (QED) is 0.586. The molecule has 0 bridgehead atoms. The Morgan fingerprint density at radius 3 is 2.32 bits per heavy atom. The Hall–Kier alpha value is -1.66. The smallest absolute Gasteiger partial charge is 0.271 e. The fraction of sp³-hybridized carbons (Fsp3) is 0.125. The summed E-state index contributed by atoms with van der Waals surface area (Å²) in [7, 11) is 1.60. The van der Waals surface area contributed by atoms with E-state index in [0.29, 0.717) is 11.3 Å². The number of amides is 1. The average molecular weight is 426 g/mol. The van der Waals surface area contributed by atoms with Crippen LogP contribution in [0.2, 0.25) is 0 Å². The van der Waals surface area contributed by atoms with Gasteiger partial charge in [-0.15, -0.1) is 0 Å². The molecule has 22 heavy (non-hydrogen) atoms. The first-order chi connectivity index (χ1) is 10.5. The minimum atomic E-state index is -0.247. The van der Waals surface area contributed by atoms with E-state index in [0.717, 1.165) is 20.1 Å². The molecule has 2 rings (SSSR count). The maximum atomic E-state index is 11.9. The van der Waals surface area contributed by atoms with E-state index in [-0.39, 0.29) is 5.91 Å². The van der Waals surface area contributed by atoms with Crippen molar-refractivity contribution < 1.29 is 9.53 Å². The number of benzene rings is 2. The van der Waals surface area contributed by atoms with E-state index >= 15 is 0 Å². The molecule has 0 heterocycles. The fourth-order valence-electron chi connectivity index (χ4n) is 1.78. The maximum Gasteiger partial charge on any atom is 0.271 e. The summed E-state index contributed by atoms with van der Waals surface area (Å²) in [5, 5.41) is 3.97. The normalized spacial score (nSPS) is 10.7. The van der Waals surface area contributed by atoms with Gasteiger partial charge in [-0.2, -0.15) is 5.10 Å². The van der Waals surface area contributed by atoms with E-state index in [1.165, 1.54) is 0 Å². The van der Waals surface area contributed by atoms with Crippen molar-refractivity contribution in [3.8, 4) is 5.75 Å². The number of ether oxygens (including phenoxy) is 1. The van der Waals surface area contributed by atoms with E-state index in [4.69, 9.17) is 4.74 Å². The lowest BCUT2D eigenvalue weighted by Gasteiger charge is -2.06. The molecule has 114 valence electrons. The van der Waals surface area contributed by atoms with Crippen LogP contribution in [0.4, 0.5) is 0 Å². The number of hydrazone groups is 1. The van der Waals surface area contributed by atoms with Crippen LogP contribution in [0.15, 0.2) is 50.4 Å². The minimum Gasteiger partial charge on any atom is -0.494 e. The second-order valence-corrected chi connectivity index (χ2v) is 6.29. The largest absolute Gasteiger partial charge is 0.494 e. The van der Waals surface area contributed by atoms with E-state index in [2.05, 4.69) is 42.4 Å². The van der Waals surface area contributed by atoms with E-state index < -0.39 is 0 Å². The summed E-state index contributed by atoms with van der Waals surface area (Å²) in [6, 6.07) is 11.0. The van der Waals surface area contributed by atoms with Crippen molar-refractivity contribution in [3.63, 3.8) is 0 Å². The molecule has 0 atom stereocenters. The molecule has 0 aromatic heterocycles. The van der Waals surface area contributed by atoms with Crippen molar-refractivity contribution in [2.75, 3.05) is 7.11 Å². The van der Waals surface area contributed by atoms with Crippen molar-refractivity contribution in [3.05, 3.63) is 62.0 Å².